The average Bonchev–Trinajstić information content (AvgIpc) is 2.32. The van der Waals surface area contributed by atoms with E-state index in [1.165, 1.54) is 0 Å². The van der Waals surface area contributed by atoms with Crippen molar-refractivity contribution >= 4 is 34.8 Å². The number of halogens is 2. The number of hydrogen-bond donors (Lipinski definition) is 1. The second-order valence-electron chi connectivity index (χ2n) is 3.31. The monoisotopic (exact) mass is 266 g/mol. The van der Waals surface area contributed by atoms with Gasteiger partial charge in [-0.25, -0.2) is 4.98 Å². The third-order valence-electron chi connectivity index (χ3n) is 2.09. The summed E-state index contributed by atoms with van der Waals surface area (Å²) in [6.07, 6.45) is 1.55. The van der Waals surface area contributed by atoms with Gasteiger partial charge in [0.05, 0.1) is 5.69 Å². The van der Waals surface area contributed by atoms with Gasteiger partial charge in [0.15, 0.2) is 5.15 Å². The van der Waals surface area contributed by atoms with Crippen LogP contribution in [-0.2, 0) is 0 Å². The van der Waals surface area contributed by atoms with E-state index in [0.29, 0.717) is 16.3 Å². The molecule has 0 bridgehead atoms. The number of carbonyl (C=O) groups is 1. The summed E-state index contributed by atoms with van der Waals surface area (Å²) in [5, 5.41) is 3.42. The van der Waals surface area contributed by atoms with Gasteiger partial charge >= 0.3 is 0 Å². The number of hydrogen-bond acceptors (Lipinski definition) is 2. The van der Waals surface area contributed by atoms with E-state index in [9.17, 15) is 4.79 Å². The molecule has 0 aliphatic rings. The number of amides is 1. The maximum absolute atomic E-state index is 11.9. The lowest BCUT2D eigenvalue weighted by Gasteiger charge is -2.06. The van der Waals surface area contributed by atoms with E-state index in [0.717, 1.165) is 0 Å². The molecule has 1 N–H and O–H groups in total. The van der Waals surface area contributed by atoms with Gasteiger partial charge in [-0.3, -0.25) is 4.79 Å². The fourth-order valence-corrected chi connectivity index (χ4v) is 1.66. The molecule has 0 radical (unpaired) electrons. The number of aromatic nitrogens is 1. The Labute approximate surface area is 108 Å². The van der Waals surface area contributed by atoms with Crippen LogP contribution in [0, 0.1) is 0 Å². The minimum Gasteiger partial charge on any atom is -0.319 e. The fourth-order valence-electron chi connectivity index (χ4n) is 1.30. The lowest BCUT2D eigenvalue weighted by atomic mass is 10.2. The van der Waals surface area contributed by atoms with Crippen molar-refractivity contribution in [2.45, 2.75) is 0 Å². The molecule has 1 heterocycles. The highest BCUT2D eigenvalue weighted by Gasteiger charge is 2.08. The lowest BCUT2D eigenvalue weighted by molar-refractivity contribution is 0.102. The van der Waals surface area contributed by atoms with Crippen molar-refractivity contribution in [3.05, 3.63) is 58.3 Å². The largest absolute Gasteiger partial charge is 0.319 e. The normalized spacial score (nSPS) is 10.0. The summed E-state index contributed by atoms with van der Waals surface area (Å²) in [5.41, 5.74) is 0.941. The van der Waals surface area contributed by atoms with Crippen LogP contribution in [0.25, 0.3) is 0 Å². The average molecular weight is 267 g/mol. The quantitative estimate of drug-likeness (QED) is 0.844. The summed E-state index contributed by atoms with van der Waals surface area (Å²) in [6, 6.07) is 10.0. The van der Waals surface area contributed by atoms with Crippen LogP contribution in [-0.4, -0.2) is 10.9 Å². The second-order valence-corrected chi connectivity index (χ2v) is 4.10. The Balaban J connectivity index is 2.20. The highest BCUT2D eigenvalue weighted by Crippen LogP contribution is 2.19. The molecular formula is C12H8Cl2N2O. The van der Waals surface area contributed by atoms with Crippen LogP contribution in [0.2, 0.25) is 10.2 Å². The molecule has 1 aromatic carbocycles. The van der Waals surface area contributed by atoms with Crippen molar-refractivity contribution in [3.63, 3.8) is 0 Å². The minimum absolute atomic E-state index is 0.253. The van der Waals surface area contributed by atoms with Gasteiger partial charge in [0, 0.05) is 16.8 Å². The molecule has 17 heavy (non-hydrogen) atoms. The SMILES string of the molecule is O=C(Nc1cccnc1Cl)c1cccc(Cl)c1. The van der Waals surface area contributed by atoms with E-state index in [1.807, 2.05) is 0 Å². The third kappa shape index (κ3) is 2.96. The number of pyridine rings is 1. The minimum atomic E-state index is -0.276. The van der Waals surface area contributed by atoms with E-state index >= 15 is 0 Å². The molecule has 0 aliphatic carbocycles. The third-order valence-corrected chi connectivity index (χ3v) is 2.63. The molecule has 1 aromatic heterocycles. The molecule has 2 aromatic rings. The molecular weight excluding hydrogens is 259 g/mol. The van der Waals surface area contributed by atoms with Gasteiger partial charge < -0.3 is 5.32 Å². The fraction of sp³-hybridized carbons (Fsp3) is 0. The summed E-state index contributed by atoms with van der Waals surface area (Å²) in [6.45, 7) is 0. The number of nitrogens with zero attached hydrogens (tertiary/aromatic N) is 1. The molecule has 1 amide bonds. The maximum atomic E-state index is 11.9. The summed E-state index contributed by atoms with van der Waals surface area (Å²) >= 11 is 11.6. The molecule has 0 atom stereocenters. The highest BCUT2D eigenvalue weighted by atomic mass is 35.5. The number of nitrogens with one attached hydrogen (secondary N) is 1. The Morgan fingerprint density at radius 3 is 2.71 bits per heavy atom. The van der Waals surface area contributed by atoms with E-state index in [4.69, 9.17) is 23.2 Å². The van der Waals surface area contributed by atoms with Gasteiger partial charge in [0.25, 0.3) is 5.91 Å². The Hall–Kier alpha value is -1.58. The Morgan fingerprint density at radius 2 is 2.00 bits per heavy atom. The number of rotatable bonds is 2. The van der Waals surface area contributed by atoms with Crippen LogP contribution in [0.15, 0.2) is 42.6 Å². The zero-order valence-corrected chi connectivity index (χ0v) is 10.2. The molecule has 0 aliphatic heterocycles. The summed E-state index contributed by atoms with van der Waals surface area (Å²) in [7, 11) is 0. The summed E-state index contributed by atoms with van der Waals surface area (Å²) in [4.78, 5) is 15.7. The molecule has 86 valence electrons. The molecule has 5 heteroatoms. The van der Waals surface area contributed by atoms with Gasteiger partial charge in [-0.05, 0) is 30.3 Å². The maximum Gasteiger partial charge on any atom is 0.255 e. The van der Waals surface area contributed by atoms with E-state index < -0.39 is 0 Å². The lowest BCUT2D eigenvalue weighted by Crippen LogP contribution is -2.12. The van der Waals surface area contributed by atoms with Gasteiger partial charge in [-0.1, -0.05) is 29.3 Å². The first-order valence-electron chi connectivity index (χ1n) is 4.84. The smallest absolute Gasteiger partial charge is 0.255 e. The second kappa shape index (κ2) is 5.17. The first-order valence-corrected chi connectivity index (χ1v) is 5.60. The summed E-state index contributed by atoms with van der Waals surface area (Å²) < 4.78 is 0. The molecule has 0 saturated carbocycles. The Kier molecular flexibility index (Phi) is 3.61. The topological polar surface area (TPSA) is 42.0 Å². The van der Waals surface area contributed by atoms with Crippen molar-refractivity contribution in [3.8, 4) is 0 Å². The molecule has 0 unspecified atom stereocenters. The predicted molar refractivity (Wildman–Crippen MR) is 68.7 cm³/mol. The van der Waals surface area contributed by atoms with E-state index in [2.05, 4.69) is 10.3 Å². The van der Waals surface area contributed by atoms with E-state index in [-0.39, 0.29) is 11.1 Å². The van der Waals surface area contributed by atoms with Crippen LogP contribution in [0.4, 0.5) is 5.69 Å². The Bertz CT molecular complexity index is 558. The molecule has 2 rings (SSSR count). The Morgan fingerprint density at radius 1 is 1.18 bits per heavy atom. The summed E-state index contributed by atoms with van der Waals surface area (Å²) in [5.74, 6) is -0.276. The number of benzene rings is 1. The first-order chi connectivity index (χ1) is 8.16. The number of carbonyl (C=O) groups excluding carboxylic acids is 1. The van der Waals surface area contributed by atoms with Crippen LogP contribution in [0.3, 0.4) is 0 Å². The zero-order valence-electron chi connectivity index (χ0n) is 8.65. The van der Waals surface area contributed by atoms with Crippen molar-refractivity contribution in [1.82, 2.24) is 4.98 Å². The van der Waals surface area contributed by atoms with Crippen molar-refractivity contribution in [1.29, 1.82) is 0 Å². The zero-order chi connectivity index (χ0) is 12.3. The van der Waals surface area contributed by atoms with E-state index in [1.54, 1.807) is 42.6 Å². The van der Waals surface area contributed by atoms with Gasteiger partial charge in [0.1, 0.15) is 0 Å². The van der Waals surface area contributed by atoms with Crippen molar-refractivity contribution < 1.29 is 4.79 Å². The predicted octanol–water partition coefficient (Wildman–Crippen LogP) is 3.64. The molecule has 3 nitrogen and oxygen atoms in total. The van der Waals surface area contributed by atoms with Gasteiger partial charge in [-0.2, -0.15) is 0 Å². The van der Waals surface area contributed by atoms with Crippen molar-refractivity contribution in [2.24, 2.45) is 0 Å². The molecule has 0 saturated heterocycles. The first kappa shape index (κ1) is 11.9. The highest BCUT2D eigenvalue weighted by molar-refractivity contribution is 6.33. The van der Waals surface area contributed by atoms with Crippen LogP contribution in [0.1, 0.15) is 10.4 Å². The van der Waals surface area contributed by atoms with Gasteiger partial charge in [-0.15, -0.1) is 0 Å². The van der Waals surface area contributed by atoms with Crippen molar-refractivity contribution in [2.75, 3.05) is 5.32 Å². The molecule has 0 fully saturated rings. The standard InChI is InChI=1S/C12H8Cl2N2O/c13-9-4-1-3-8(7-9)12(17)16-10-5-2-6-15-11(10)14/h1-7H,(H,16,17). The molecule has 0 spiro atoms. The number of anilines is 1. The van der Waals surface area contributed by atoms with Crippen LogP contribution >= 0.6 is 23.2 Å². The van der Waals surface area contributed by atoms with Gasteiger partial charge in [0.2, 0.25) is 0 Å². The van der Waals surface area contributed by atoms with Crippen LogP contribution < -0.4 is 5.32 Å². The van der Waals surface area contributed by atoms with Crippen LogP contribution in [0.5, 0.6) is 0 Å².